The second kappa shape index (κ2) is 4.41. The Morgan fingerprint density at radius 3 is 2.89 bits per heavy atom. The lowest BCUT2D eigenvalue weighted by molar-refractivity contribution is -0.123. The fourth-order valence-electron chi connectivity index (χ4n) is 5.08. The number of rotatable bonds is 2. The fraction of sp³-hybridized carbons (Fsp3) is 0.929. The van der Waals surface area contributed by atoms with Crippen LogP contribution in [0.5, 0.6) is 0 Å². The van der Waals surface area contributed by atoms with Crippen molar-refractivity contribution in [3.8, 4) is 0 Å². The van der Waals surface area contributed by atoms with Crippen molar-refractivity contribution in [2.75, 3.05) is 11.6 Å². The third-order valence-corrected chi connectivity index (χ3v) is 6.73. The number of carbonyl (C=O) groups excluding carboxylic acids is 1. The molecule has 100 valence electrons. The van der Waals surface area contributed by atoms with Crippen molar-refractivity contribution in [2.45, 2.75) is 44.2 Å². The molecule has 4 aliphatic rings. The van der Waals surface area contributed by atoms with Gasteiger partial charge in [0.25, 0.3) is 0 Å². The first-order chi connectivity index (χ1) is 8.83. The Balaban J connectivity index is 1.40. The van der Waals surface area contributed by atoms with Gasteiger partial charge in [-0.15, -0.1) is 11.8 Å². The molecule has 0 radical (unpaired) electrons. The van der Waals surface area contributed by atoms with Crippen LogP contribution in [0, 0.1) is 23.7 Å². The predicted molar refractivity (Wildman–Crippen MR) is 73.2 cm³/mol. The lowest BCUT2D eigenvalue weighted by Gasteiger charge is -2.32. The van der Waals surface area contributed by atoms with E-state index in [0.29, 0.717) is 6.04 Å². The number of hydrogen-bond acceptors (Lipinski definition) is 3. The van der Waals surface area contributed by atoms with Gasteiger partial charge in [-0.1, -0.05) is 6.42 Å². The van der Waals surface area contributed by atoms with E-state index in [9.17, 15) is 4.79 Å². The second-order valence-electron chi connectivity index (χ2n) is 6.54. The summed E-state index contributed by atoms with van der Waals surface area (Å²) in [6, 6.07) is 0.558. The highest BCUT2D eigenvalue weighted by Crippen LogP contribution is 2.58. The van der Waals surface area contributed by atoms with Crippen LogP contribution in [0.25, 0.3) is 0 Å². The summed E-state index contributed by atoms with van der Waals surface area (Å²) in [4.78, 5) is 12.2. The molecule has 18 heavy (non-hydrogen) atoms. The molecule has 0 spiro atoms. The van der Waals surface area contributed by atoms with Crippen LogP contribution < -0.4 is 10.6 Å². The van der Waals surface area contributed by atoms with Crippen LogP contribution in [0.3, 0.4) is 0 Å². The first-order valence-corrected chi connectivity index (χ1v) is 8.60. The average Bonchev–Trinajstić information content (AvgIpc) is 3.11. The minimum Gasteiger partial charge on any atom is -0.352 e. The summed E-state index contributed by atoms with van der Waals surface area (Å²) >= 11 is 1.83. The molecule has 1 aliphatic heterocycles. The molecule has 3 aliphatic carbocycles. The van der Waals surface area contributed by atoms with Crippen molar-refractivity contribution in [1.29, 1.82) is 0 Å². The highest BCUT2D eigenvalue weighted by molar-refractivity contribution is 7.99. The van der Waals surface area contributed by atoms with Crippen LogP contribution in [0.15, 0.2) is 0 Å². The topological polar surface area (TPSA) is 41.1 Å². The molecule has 1 amide bonds. The standard InChI is InChI=1S/C14H22N2OS/c17-14(13-6-18-7-15-13)16-12-5-8-4-11(12)10-3-1-2-9(8)10/h8-13,15H,1-7H2,(H,16,17). The minimum absolute atomic E-state index is 0.0634. The van der Waals surface area contributed by atoms with Gasteiger partial charge in [0.05, 0.1) is 6.04 Å². The maximum atomic E-state index is 12.2. The molecule has 3 saturated carbocycles. The zero-order valence-corrected chi connectivity index (χ0v) is 11.5. The van der Waals surface area contributed by atoms with Crippen molar-refractivity contribution in [2.24, 2.45) is 23.7 Å². The summed E-state index contributed by atoms with van der Waals surface area (Å²) in [5, 5.41) is 6.62. The summed E-state index contributed by atoms with van der Waals surface area (Å²) in [5.74, 6) is 5.83. The normalized spacial score (nSPS) is 49.6. The van der Waals surface area contributed by atoms with E-state index in [4.69, 9.17) is 0 Å². The summed E-state index contributed by atoms with van der Waals surface area (Å²) in [6.07, 6.45) is 6.98. The molecule has 0 aromatic carbocycles. The Labute approximate surface area is 113 Å². The van der Waals surface area contributed by atoms with Crippen molar-refractivity contribution in [3.63, 3.8) is 0 Å². The Bertz CT molecular complexity index is 356. The minimum atomic E-state index is 0.0634. The first kappa shape index (κ1) is 11.6. The van der Waals surface area contributed by atoms with Crippen LogP contribution >= 0.6 is 11.8 Å². The molecule has 2 N–H and O–H groups in total. The molecular formula is C14H22N2OS. The number of fused-ring (bicyclic) bond motifs is 5. The van der Waals surface area contributed by atoms with E-state index >= 15 is 0 Å². The van der Waals surface area contributed by atoms with E-state index < -0.39 is 0 Å². The summed E-state index contributed by atoms with van der Waals surface area (Å²) in [5.41, 5.74) is 0. The Morgan fingerprint density at radius 1 is 1.17 bits per heavy atom. The van der Waals surface area contributed by atoms with Crippen LogP contribution in [0.4, 0.5) is 0 Å². The van der Waals surface area contributed by atoms with Crippen LogP contribution in [0.1, 0.15) is 32.1 Å². The quantitative estimate of drug-likeness (QED) is 0.797. The van der Waals surface area contributed by atoms with E-state index in [1.165, 1.54) is 32.1 Å². The van der Waals surface area contributed by atoms with E-state index in [2.05, 4.69) is 10.6 Å². The fourth-order valence-corrected chi connectivity index (χ4v) is 6.02. The molecule has 4 heteroatoms. The first-order valence-electron chi connectivity index (χ1n) is 7.44. The van der Waals surface area contributed by atoms with Crippen molar-refractivity contribution < 1.29 is 4.79 Å². The summed E-state index contributed by atoms with van der Waals surface area (Å²) in [7, 11) is 0. The number of hydrogen-bond donors (Lipinski definition) is 2. The third kappa shape index (κ3) is 1.72. The largest absolute Gasteiger partial charge is 0.352 e. The van der Waals surface area contributed by atoms with Gasteiger partial charge in [-0.3, -0.25) is 10.1 Å². The van der Waals surface area contributed by atoms with Crippen LogP contribution in [-0.2, 0) is 4.79 Å². The Hall–Kier alpha value is -0.220. The van der Waals surface area contributed by atoms with E-state index in [1.54, 1.807) is 0 Å². The van der Waals surface area contributed by atoms with Gasteiger partial charge in [-0.05, 0) is 49.4 Å². The van der Waals surface area contributed by atoms with Gasteiger partial charge in [-0.2, -0.15) is 0 Å². The van der Waals surface area contributed by atoms with Crippen LogP contribution in [-0.4, -0.2) is 29.6 Å². The van der Waals surface area contributed by atoms with E-state index in [-0.39, 0.29) is 11.9 Å². The second-order valence-corrected chi connectivity index (χ2v) is 7.57. The van der Waals surface area contributed by atoms with E-state index in [0.717, 1.165) is 35.3 Å². The average molecular weight is 266 g/mol. The maximum absolute atomic E-state index is 12.2. The zero-order valence-electron chi connectivity index (χ0n) is 10.7. The van der Waals surface area contributed by atoms with Gasteiger partial charge in [0.2, 0.25) is 5.91 Å². The molecule has 6 unspecified atom stereocenters. The predicted octanol–water partition coefficient (Wildman–Crippen LogP) is 1.59. The number of carbonyl (C=O) groups is 1. The third-order valence-electron chi connectivity index (χ3n) is 5.79. The molecule has 2 bridgehead atoms. The van der Waals surface area contributed by atoms with Gasteiger partial charge >= 0.3 is 0 Å². The van der Waals surface area contributed by atoms with Crippen molar-refractivity contribution in [1.82, 2.24) is 10.6 Å². The lowest BCUT2D eigenvalue weighted by Crippen LogP contribution is -2.49. The van der Waals surface area contributed by atoms with Gasteiger partial charge in [0, 0.05) is 17.7 Å². The molecule has 4 rings (SSSR count). The molecule has 4 fully saturated rings. The highest BCUT2D eigenvalue weighted by atomic mass is 32.2. The van der Waals surface area contributed by atoms with Crippen molar-refractivity contribution >= 4 is 17.7 Å². The highest BCUT2D eigenvalue weighted by Gasteiger charge is 2.54. The van der Waals surface area contributed by atoms with Gasteiger partial charge in [-0.25, -0.2) is 0 Å². The molecule has 6 atom stereocenters. The Kier molecular flexibility index (Phi) is 2.84. The summed E-state index contributed by atoms with van der Waals surface area (Å²) in [6.45, 7) is 0. The Morgan fingerprint density at radius 2 is 2.06 bits per heavy atom. The molecule has 1 saturated heterocycles. The van der Waals surface area contributed by atoms with Gasteiger partial charge in [0.15, 0.2) is 0 Å². The molecular weight excluding hydrogens is 244 g/mol. The van der Waals surface area contributed by atoms with Crippen molar-refractivity contribution in [3.05, 3.63) is 0 Å². The van der Waals surface area contributed by atoms with E-state index in [1.807, 2.05) is 11.8 Å². The smallest absolute Gasteiger partial charge is 0.238 e. The van der Waals surface area contributed by atoms with Crippen LogP contribution in [0.2, 0.25) is 0 Å². The number of nitrogens with one attached hydrogen (secondary N) is 2. The molecule has 0 aromatic heterocycles. The summed E-state index contributed by atoms with van der Waals surface area (Å²) < 4.78 is 0. The SMILES string of the molecule is O=C(NC1CC2CC1C1CCCC21)C1CSCN1. The molecule has 3 nitrogen and oxygen atoms in total. The van der Waals surface area contributed by atoms with Gasteiger partial charge in [0.1, 0.15) is 0 Å². The van der Waals surface area contributed by atoms with Gasteiger partial charge < -0.3 is 5.32 Å². The lowest BCUT2D eigenvalue weighted by atomic mass is 9.79. The molecule has 0 aromatic rings. The molecule has 1 heterocycles. The number of thioether (sulfide) groups is 1. The monoisotopic (exact) mass is 266 g/mol. The zero-order chi connectivity index (χ0) is 12.1. The number of amides is 1. The maximum Gasteiger partial charge on any atom is 0.238 e.